The fraction of sp³-hybridized carbons (Fsp3) is 0.267. The average Bonchev–Trinajstić information content (AvgIpc) is 2.46. The molecule has 0 aliphatic rings. The molecule has 0 saturated carbocycles. The number of rotatable bonds is 5. The Kier molecular flexibility index (Phi) is 4.53. The number of nitrogens with two attached hydrogens (primary N) is 1. The van der Waals surface area contributed by atoms with Gasteiger partial charge < -0.3 is 15.2 Å². The maximum atomic E-state index is 13.6. The van der Waals surface area contributed by atoms with Crippen LogP contribution in [0.5, 0.6) is 11.5 Å². The van der Waals surface area contributed by atoms with Crippen molar-refractivity contribution in [2.75, 3.05) is 7.11 Å². The van der Waals surface area contributed by atoms with E-state index >= 15 is 0 Å². The fourth-order valence-electron chi connectivity index (χ4n) is 1.84. The van der Waals surface area contributed by atoms with Crippen molar-refractivity contribution >= 4 is 0 Å². The molecule has 0 radical (unpaired) electrons. The Morgan fingerprint density at radius 1 is 1.20 bits per heavy atom. The van der Waals surface area contributed by atoms with Gasteiger partial charge in [-0.1, -0.05) is 6.07 Å². The molecule has 0 spiro atoms. The number of hydrogen-bond acceptors (Lipinski definition) is 4. The van der Waals surface area contributed by atoms with Gasteiger partial charge in [0.25, 0.3) is 0 Å². The minimum atomic E-state index is -0.408. The summed E-state index contributed by atoms with van der Waals surface area (Å²) in [6, 6.07) is 8.40. The number of aromatic nitrogens is 1. The minimum Gasteiger partial charge on any atom is -0.494 e. The van der Waals surface area contributed by atoms with Crippen LogP contribution in [0.25, 0.3) is 0 Å². The number of aryl methyl sites for hydroxylation is 1. The summed E-state index contributed by atoms with van der Waals surface area (Å²) >= 11 is 0. The van der Waals surface area contributed by atoms with Crippen LogP contribution in [-0.2, 0) is 13.2 Å². The smallest absolute Gasteiger partial charge is 0.165 e. The SMILES string of the molecule is COc1ccc(COc2ccc(C)nc2CN)cc1F. The van der Waals surface area contributed by atoms with Crippen molar-refractivity contribution in [3.63, 3.8) is 0 Å². The Hall–Kier alpha value is -2.14. The minimum absolute atomic E-state index is 0.216. The van der Waals surface area contributed by atoms with Gasteiger partial charge in [0.15, 0.2) is 11.6 Å². The summed E-state index contributed by atoms with van der Waals surface area (Å²) in [6.07, 6.45) is 0. The van der Waals surface area contributed by atoms with Crippen LogP contribution in [0.2, 0.25) is 0 Å². The largest absolute Gasteiger partial charge is 0.494 e. The van der Waals surface area contributed by atoms with Crippen LogP contribution in [-0.4, -0.2) is 12.1 Å². The molecule has 0 aliphatic heterocycles. The highest BCUT2D eigenvalue weighted by atomic mass is 19.1. The van der Waals surface area contributed by atoms with Gasteiger partial charge in [-0.25, -0.2) is 4.39 Å². The van der Waals surface area contributed by atoms with Crippen LogP contribution in [0.15, 0.2) is 30.3 Å². The van der Waals surface area contributed by atoms with Gasteiger partial charge in [-0.05, 0) is 36.8 Å². The lowest BCUT2D eigenvalue weighted by atomic mass is 10.2. The van der Waals surface area contributed by atoms with Gasteiger partial charge in [-0.2, -0.15) is 0 Å². The molecular weight excluding hydrogens is 259 g/mol. The van der Waals surface area contributed by atoms with E-state index in [0.717, 1.165) is 5.69 Å². The highest BCUT2D eigenvalue weighted by molar-refractivity contribution is 5.31. The molecule has 20 heavy (non-hydrogen) atoms. The highest BCUT2D eigenvalue weighted by Crippen LogP contribution is 2.21. The van der Waals surface area contributed by atoms with Gasteiger partial charge in [0, 0.05) is 12.2 Å². The van der Waals surface area contributed by atoms with Gasteiger partial charge >= 0.3 is 0 Å². The number of ether oxygens (including phenoxy) is 2. The lowest BCUT2D eigenvalue weighted by molar-refractivity contribution is 0.299. The molecule has 0 aliphatic carbocycles. The molecule has 0 unspecified atom stereocenters. The molecule has 2 aromatic rings. The van der Waals surface area contributed by atoms with Crippen LogP contribution < -0.4 is 15.2 Å². The Morgan fingerprint density at radius 2 is 1.95 bits per heavy atom. The zero-order chi connectivity index (χ0) is 14.5. The summed E-state index contributed by atoms with van der Waals surface area (Å²) in [7, 11) is 1.43. The summed E-state index contributed by atoms with van der Waals surface area (Å²) in [5.41, 5.74) is 7.92. The topological polar surface area (TPSA) is 57.4 Å². The molecule has 5 heteroatoms. The van der Waals surface area contributed by atoms with Crippen molar-refractivity contribution < 1.29 is 13.9 Å². The Balaban J connectivity index is 2.10. The number of methoxy groups -OCH3 is 1. The third-order valence-corrected chi connectivity index (χ3v) is 2.88. The predicted octanol–water partition coefficient (Wildman–Crippen LogP) is 2.58. The molecule has 0 saturated heterocycles. The maximum absolute atomic E-state index is 13.6. The number of halogens is 1. The normalized spacial score (nSPS) is 10.4. The molecule has 1 aromatic heterocycles. The van der Waals surface area contributed by atoms with Crippen molar-refractivity contribution in [2.24, 2.45) is 5.73 Å². The molecular formula is C15H17FN2O2. The van der Waals surface area contributed by atoms with E-state index in [0.29, 0.717) is 23.6 Å². The van der Waals surface area contributed by atoms with Crippen LogP contribution in [0.3, 0.4) is 0 Å². The second-order valence-corrected chi connectivity index (χ2v) is 4.36. The van der Waals surface area contributed by atoms with Crippen molar-refractivity contribution in [2.45, 2.75) is 20.1 Å². The number of nitrogens with zero attached hydrogens (tertiary/aromatic N) is 1. The van der Waals surface area contributed by atoms with Gasteiger partial charge in [0.2, 0.25) is 0 Å². The zero-order valence-electron chi connectivity index (χ0n) is 11.5. The van der Waals surface area contributed by atoms with E-state index < -0.39 is 5.82 Å². The van der Waals surface area contributed by atoms with Crippen LogP contribution in [0.1, 0.15) is 17.0 Å². The summed E-state index contributed by atoms with van der Waals surface area (Å²) in [6.45, 7) is 2.44. The average molecular weight is 276 g/mol. The lowest BCUT2D eigenvalue weighted by Gasteiger charge is -2.11. The third-order valence-electron chi connectivity index (χ3n) is 2.88. The Morgan fingerprint density at radius 3 is 2.60 bits per heavy atom. The second-order valence-electron chi connectivity index (χ2n) is 4.36. The first-order valence-electron chi connectivity index (χ1n) is 6.26. The summed E-state index contributed by atoms with van der Waals surface area (Å²) in [5, 5.41) is 0. The monoisotopic (exact) mass is 276 g/mol. The third kappa shape index (κ3) is 3.24. The van der Waals surface area contributed by atoms with E-state index in [1.54, 1.807) is 12.1 Å². The van der Waals surface area contributed by atoms with Crippen molar-refractivity contribution in [1.82, 2.24) is 4.98 Å². The molecule has 1 heterocycles. The number of hydrogen-bond donors (Lipinski definition) is 1. The molecule has 4 nitrogen and oxygen atoms in total. The molecule has 2 rings (SSSR count). The van der Waals surface area contributed by atoms with E-state index in [4.69, 9.17) is 15.2 Å². The van der Waals surface area contributed by atoms with E-state index in [-0.39, 0.29) is 12.4 Å². The molecule has 106 valence electrons. The van der Waals surface area contributed by atoms with Crippen LogP contribution in [0.4, 0.5) is 4.39 Å². The van der Waals surface area contributed by atoms with Gasteiger partial charge in [0.1, 0.15) is 12.4 Å². The van der Waals surface area contributed by atoms with Gasteiger partial charge in [-0.15, -0.1) is 0 Å². The van der Waals surface area contributed by atoms with Crippen molar-refractivity contribution in [1.29, 1.82) is 0 Å². The van der Waals surface area contributed by atoms with Crippen molar-refractivity contribution in [3.8, 4) is 11.5 Å². The van der Waals surface area contributed by atoms with Gasteiger partial charge in [-0.3, -0.25) is 4.98 Å². The molecule has 0 amide bonds. The molecule has 2 N–H and O–H groups in total. The maximum Gasteiger partial charge on any atom is 0.165 e. The zero-order valence-corrected chi connectivity index (χ0v) is 11.5. The van der Waals surface area contributed by atoms with Crippen LogP contribution in [0, 0.1) is 12.7 Å². The fourth-order valence-corrected chi connectivity index (χ4v) is 1.84. The molecule has 0 fully saturated rings. The van der Waals surface area contributed by atoms with E-state index in [2.05, 4.69) is 4.98 Å². The Labute approximate surface area is 117 Å². The standard InChI is InChI=1S/C15H17FN2O2/c1-10-3-5-15(13(8-17)18-10)20-9-11-4-6-14(19-2)12(16)7-11/h3-7H,8-9,17H2,1-2H3. The van der Waals surface area contributed by atoms with Crippen molar-refractivity contribution in [3.05, 3.63) is 53.1 Å². The van der Waals surface area contributed by atoms with E-state index in [9.17, 15) is 4.39 Å². The molecule has 0 bridgehead atoms. The first-order valence-corrected chi connectivity index (χ1v) is 6.26. The second kappa shape index (κ2) is 6.34. The predicted molar refractivity (Wildman–Crippen MR) is 74.1 cm³/mol. The van der Waals surface area contributed by atoms with E-state index in [1.165, 1.54) is 13.2 Å². The lowest BCUT2D eigenvalue weighted by Crippen LogP contribution is -2.06. The number of pyridine rings is 1. The van der Waals surface area contributed by atoms with Gasteiger partial charge in [0.05, 0.1) is 12.8 Å². The first kappa shape index (κ1) is 14.3. The number of benzene rings is 1. The quantitative estimate of drug-likeness (QED) is 0.912. The summed E-state index contributed by atoms with van der Waals surface area (Å²) in [4.78, 5) is 4.30. The Bertz CT molecular complexity index is 602. The summed E-state index contributed by atoms with van der Waals surface area (Å²) < 4.78 is 24.1. The highest BCUT2D eigenvalue weighted by Gasteiger charge is 2.07. The molecule has 1 aromatic carbocycles. The first-order chi connectivity index (χ1) is 9.63. The molecule has 0 atom stereocenters. The van der Waals surface area contributed by atoms with Crippen LogP contribution >= 0.6 is 0 Å². The van der Waals surface area contributed by atoms with E-state index in [1.807, 2.05) is 19.1 Å². The summed E-state index contributed by atoms with van der Waals surface area (Å²) in [5.74, 6) is 0.428.